The van der Waals surface area contributed by atoms with E-state index in [4.69, 9.17) is 8.83 Å². The fraction of sp³-hybridized carbons (Fsp3) is 0. The van der Waals surface area contributed by atoms with Gasteiger partial charge in [-0.25, -0.2) is 0 Å². The van der Waals surface area contributed by atoms with Crippen molar-refractivity contribution in [1.29, 1.82) is 0 Å². The van der Waals surface area contributed by atoms with E-state index in [1.807, 2.05) is 12.1 Å². The second kappa shape index (κ2) is 13.6. The quantitative estimate of drug-likeness (QED) is 0.164. The average Bonchev–Trinajstić information content (AvgIpc) is 3.87. The first kappa shape index (κ1) is 32.8. The van der Waals surface area contributed by atoms with Crippen molar-refractivity contribution in [3.8, 4) is 44.5 Å². The molecule has 0 saturated carbocycles. The molecule has 0 spiro atoms. The molecule has 57 heavy (non-hydrogen) atoms. The van der Waals surface area contributed by atoms with Gasteiger partial charge in [-0.2, -0.15) is 0 Å². The highest BCUT2D eigenvalue weighted by molar-refractivity contribution is 6.17. The number of furan rings is 2. The average molecular weight is 730 g/mol. The molecule has 2 heterocycles. The van der Waals surface area contributed by atoms with Crippen molar-refractivity contribution in [2.75, 3.05) is 4.90 Å². The summed E-state index contributed by atoms with van der Waals surface area (Å²) in [6.45, 7) is 0. The molecule has 0 atom stereocenters. The van der Waals surface area contributed by atoms with Crippen LogP contribution in [0.15, 0.2) is 221 Å². The van der Waals surface area contributed by atoms with Crippen molar-refractivity contribution in [2.45, 2.75) is 0 Å². The minimum Gasteiger partial charge on any atom is -0.455 e. The summed E-state index contributed by atoms with van der Waals surface area (Å²) in [5.41, 5.74) is 15.5. The fourth-order valence-electron chi connectivity index (χ4n) is 8.39. The normalized spacial score (nSPS) is 11.5. The Morgan fingerprint density at radius 2 is 0.719 bits per heavy atom. The predicted octanol–water partition coefficient (Wildman–Crippen LogP) is 15.6. The van der Waals surface area contributed by atoms with E-state index in [-0.39, 0.29) is 0 Å². The van der Waals surface area contributed by atoms with Crippen LogP contribution in [0.2, 0.25) is 0 Å². The molecule has 2 aromatic heterocycles. The van der Waals surface area contributed by atoms with E-state index in [1.54, 1.807) is 0 Å². The zero-order valence-electron chi connectivity index (χ0n) is 31.0. The van der Waals surface area contributed by atoms with E-state index < -0.39 is 0 Å². The van der Waals surface area contributed by atoms with Crippen LogP contribution in [-0.2, 0) is 0 Å². The molecule has 0 radical (unpaired) electrons. The van der Waals surface area contributed by atoms with Crippen molar-refractivity contribution in [3.05, 3.63) is 212 Å². The topological polar surface area (TPSA) is 29.5 Å². The molecule has 11 aromatic rings. The number of nitrogens with zero attached hydrogens (tertiary/aromatic N) is 1. The first-order valence-corrected chi connectivity index (χ1v) is 19.3. The van der Waals surface area contributed by atoms with Gasteiger partial charge in [0.15, 0.2) is 5.58 Å². The van der Waals surface area contributed by atoms with E-state index in [1.165, 1.54) is 11.1 Å². The molecular formula is C54H35NO2. The summed E-state index contributed by atoms with van der Waals surface area (Å²) in [5.74, 6) is 0. The van der Waals surface area contributed by atoms with Crippen molar-refractivity contribution >= 4 is 60.9 Å². The first-order valence-electron chi connectivity index (χ1n) is 19.3. The van der Waals surface area contributed by atoms with E-state index in [0.717, 1.165) is 94.3 Å². The molecule has 0 amide bonds. The third kappa shape index (κ3) is 5.60. The molecule has 0 unspecified atom stereocenters. The standard InChI is InChI=1S/C54H35NO2/c1-4-14-36(15-5-1)37-24-28-41(29-25-37)55(52-44(39-18-8-3-9-19-39)33-35-47-46-20-10-12-22-49(46)57-54(47)52)42-30-26-40(27-31-42)45-34-32-43(38-16-6-2-7-17-38)51-48-21-11-13-23-50(48)56-53(45)51/h1-35H. The van der Waals surface area contributed by atoms with Gasteiger partial charge < -0.3 is 13.7 Å². The van der Waals surface area contributed by atoms with E-state index in [9.17, 15) is 0 Å². The van der Waals surface area contributed by atoms with Crippen LogP contribution in [0.1, 0.15) is 0 Å². The lowest BCUT2D eigenvalue weighted by molar-refractivity contribution is 0.669. The van der Waals surface area contributed by atoms with Crippen molar-refractivity contribution in [1.82, 2.24) is 0 Å². The molecule has 0 aliphatic rings. The van der Waals surface area contributed by atoms with Crippen LogP contribution in [0.4, 0.5) is 17.1 Å². The van der Waals surface area contributed by atoms with Crippen molar-refractivity contribution < 1.29 is 8.83 Å². The molecule has 0 saturated heterocycles. The summed E-state index contributed by atoms with van der Waals surface area (Å²) in [4.78, 5) is 2.35. The number of para-hydroxylation sites is 2. The van der Waals surface area contributed by atoms with Crippen LogP contribution >= 0.6 is 0 Å². The molecule has 0 aliphatic carbocycles. The summed E-state index contributed by atoms with van der Waals surface area (Å²) in [7, 11) is 0. The number of fused-ring (bicyclic) bond motifs is 6. The van der Waals surface area contributed by atoms with Crippen LogP contribution in [0.25, 0.3) is 88.4 Å². The van der Waals surface area contributed by atoms with Crippen molar-refractivity contribution in [3.63, 3.8) is 0 Å². The van der Waals surface area contributed by atoms with Gasteiger partial charge in [0.25, 0.3) is 0 Å². The summed E-state index contributed by atoms with van der Waals surface area (Å²) in [6, 6.07) is 74.9. The number of hydrogen-bond acceptors (Lipinski definition) is 3. The van der Waals surface area contributed by atoms with Gasteiger partial charge in [0.05, 0.1) is 5.69 Å². The number of hydrogen-bond donors (Lipinski definition) is 0. The highest BCUT2D eigenvalue weighted by Crippen LogP contribution is 2.48. The smallest absolute Gasteiger partial charge is 0.160 e. The maximum Gasteiger partial charge on any atom is 0.160 e. The third-order valence-electron chi connectivity index (χ3n) is 11.1. The predicted molar refractivity (Wildman–Crippen MR) is 237 cm³/mol. The Hall–Kier alpha value is -7.62. The van der Waals surface area contributed by atoms with Crippen LogP contribution in [0.3, 0.4) is 0 Å². The molecule has 0 bridgehead atoms. The summed E-state index contributed by atoms with van der Waals surface area (Å²) >= 11 is 0. The zero-order chi connectivity index (χ0) is 37.7. The molecule has 11 rings (SSSR count). The van der Waals surface area contributed by atoms with Crippen LogP contribution in [-0.4, -0.2) is 0 Å². The first-order chi connectivity index (χ1) is 28.3. The Morgan fingerprint density at radius 1 is 0.281 bits per heavy atom. The van der Waals surface area contributed by atoms with Gasteiger partial charge in [0, 0.05) is 44.0 Å². The molecular weight excluding hydrogens is 695 g/mol. The van der Waals surface area contributed by atoms with E-state index in [0.29, 0.717) is 0 Å². The van der Waals surface area contributed by atoms with Crippen LogP contribution in [0.5, 0.6) is 0 Å². The van der Waals surface area contributed by atoms with Crippen LogP contribution < -0.4 is 4.90 Å². The lowest BCUT2D eigenvalue weighted by atomic mass is 9.94. The van der Waals surface area contributed by atoms with E-state index in [2.05, 4.69) is 205 Å². The van der Waals surface area contributed by atoms with Gasteiger partial charge in [0.2, 0.25) is 0 Å². The molecule has 3 nitrogen and oxygen atoms in total. The molecule has 9 aromatic carbocycles. The second-order valence-corrected chi connectivity index (χ2v) is 14.4. The maximum absolute atomic E-state index is 6.83. The Kier molecular flexibility index (Phi) is 7.82. The van der Waals surface area contributed by atoms with Gasteiger partial charge in [-0.15, -0.1) is 0 Å². The van der Waals surface area contributed by atoms with Gasteiger partial charge in [-0.1, -0.05) is 164 Å². The third-order valence-corrected chi connectivity index (χ3v) is 11.1. The summed E-state index contributed by atoms with van der Waals surface area (Å²) in [6.07, 6.45) is 0. The molecule has 0 N–H and O–H groups in total. The van der Waals surface area contributed by atoms with Crippen molar-refractivity contribution in [2.24, 2.45) is 0 Å². The SMILES string of the molecule is c1ccc(-c2ccc(N(c3ccc(-c4ccc(-c5ccccc5)c5c4oc4ccccc45)cc3)c3c(-c4ccccc4)ccc4c3oc3ccccc34)cc2)cc1. The highest BCUT2D eigenvalue weighted by Gasteiger charge is 2.25. The minimum absolute atomic E-state index is 0.842. The maximum atomic E-state index is 6.83. The lowest BCUT2D eigenvalue weighted by Gasteiger charge is -2.28. The Labute approximate surface area is 330 Å². The Morgan fingerprint density at radius 3 is 1.37 bits per heavy atom. The Balaban J connectivity index is 1.12. The van der Waals surface area contributed by atoms with Crippen LogP contribution in [0, 0.1) is 0 Å². The summed E-state index contributed by atoms with van der Waals surface area (Å²) < 4.78 is 13.5. The van der Waals surface area contributed by atoms with Gasteiger partial charge in [-0.05, 0) is 81.9 Å². The number of anilines is 3. The minimum atomic E-state index is 0.842. The van der Waals surface area contributed by atoms with Gasteiger partial charge in [-0.3, -0.25) is 0 Å². The second-order valence-electron chi connectivity index (χ2n) is 14.4. The Bertz CT molecular complexity index is 3200. The zero-order valence-corrected chi connectivity index (χ0v) is 31.0. The largest absolute Gasteiger partial charge is 0.455 e. The van der Waals surface area contributed by atoms with E-state index >= 15 is 0 Å². The fourth-order valence-corrected chi connectivity index (χ4v) is 8.39. The van der Waals surface area contributed by atoms with Gasteiger partial charge in [0.1, 0.15) is 16.7 Å². The van der Waals surface area contributed by atoms with Gasteiger partial charge >= 0.3 is 0 Å². The molecule has 0 fully saturated rings. The molecule has 0 aliphatic heterocycles. The lowest BCUT2D eigenvalue weighted by Crippen LogP contribution is -2.11. The highest BCUT2D eigenvalue weighted by atomic mass is 16.3. The number of rotatable bonds is 7. The summed E-state index contributed by atoms with van der Waals surface area (Å²) in [5, 5.41) is 4.41. The monoisotopic (exact) mass is 729 g/mol. The molecule has 3 heteroatoms. The number of benzene rings is 9. The molecule has 268 valence electrons.